The predicted molar refractivity (Wildman–Crippen MR) is 103 cm³/mol. The summed E-state index contributed by atoms with van der Waals surface area (Å²) >= 11 is 5.98. The second-order valence-electron chi connectivity index (χ2n) is 6.99. The highest BCUT2D eigenvalue weighted by Crippen LogP contribution is 2.32. The van der Waals surface area contributed by atoms with Gasteiger partial charge >= 0.3 is 0 Å². The van der Waals surface area contributed by atoms with E-state index in [-0.39, 0.29) is 23.8 Å². The average molecular weight is 374 g/mol. The van der Waals surface area contributed by atoms with E-state index < -0.39 is 0 Å². The summed E-state index contributed by atoms with van der Waals surface area (Å²) in [5.41, 5.74) is 0.979. The third-order valence-corrected chi connectivity index (χ3v) is 4.84. The maximum absolute atomic E-state index is 13.1. The molecule has 1 aliphatic heterocycles. The lowest BCUT2D eigenvalue weighted by Crippen LogP contribution is -2.44. The van der Waals surface area contributed by atoms with Crippen molar-refractivity contribution >= 4 is 17.5 Å². The van der Waals surface area contributed by atoms with Crippen LogP contribution in [0.3, 0.4) is 0 Å². The van der Waals surface area contributed by atoms with Crippen molar-refractivity contribution in [2.45, 2.75) is 25.9 Å². The summed E-state index contributed by atoms with van der Waals surface area (Å²) < 4.78 is 11.7. The van der Waals surface area contributed by atoms with Gasteiger partial charge in [-0.15, -0.1) is 0 Å². The van der Waals surface area contributed by atoms with Crippen molar-refractivity contribution < 1.29 is 14.3 Å². The molecule has 4 nitrogen and oxygen atoms in total. The number of carbonyl (C=O) groups excluding carboxylic acids is 1. The molecule has 2 aromatic rings. The molecule has 0 fully saturated rings. The predicted octanol–water partition coefficient (Wildman–Crippen LogP) is 4.38. The first kappa shape index (κ1) is 18.6. The smallest absolute Gasteiger partial charge is 0.230 e. The molecule has 138 valence electrons. The molecule has 3 rings (SSSR count). The molecular weight excluding hydrogens is 350 g/mol. The third kappa shape index (κ3) is 4.13. The van der Waals surface area contributed by atoms with Gasteiger partial charge in [0.2, 0.25) is 5.91 Å². The van der Waals surface area contributed by atoms with Crippen molar-refractivity contribution in [1.29, 1.82) is 0 Å². The van der Waals surface area contributed by atoms with E-state index in [2.05, 4.69) is 13.8 Å². The largest absolute Gasteiger partial charge is 0.486 e. The van der Waals surface area contributed by atoms with Gasteiger partial charge in [-0.05, 0) is 35.7 Å². The lowest BCUT2D eigenvalue weighted by atomic mass is 9.87. The van der Waals surface area contributed by atoms with Crippen molar-refractivity contribution in [3.8, 4) is 11.5 Å². The van der Waals surface area contributed by atoms with Gasteiger partial charge in [0, 0.05) is 12.1 Å². The molecule has 2 atom stereocenters. The van der Waals surface area contributed by atoms with Gasteiger partial charge in [0.25, 0.3) is 0 Å². The number of amides is 1. The summed E-state index contributed by atoms with van der Waals surface area (Å²) in [6.45, 7) is 5.02. The maximum atomic E-state index is 13.1. The van der Waals surface area contributed by atoms with Gasteiger partial charge in [0.05, 0.1) is 12.5 Å². The van der Waals surface area contributed by atoms with Crippen LogP contribution in [0.25, 0.3) is 0 Å². The topological polar surface area (TPSA) is 38.8 Å². The van der Waals surface area contributed by atoms with Gasteiger partial charge in [0.1, 0.15) is 6.61 Å². The molecule has 0 saturated heterocycles. The zero-order valence-corrected chi connectivity index (χ0v) is 16.1. The van der Waals surface area contributed by atoms with Crippen LogP contribution in [0.15, 0.2) is 48.5 Å². The SMILES string of the molecule is CC(C)[C@H](C(=O)N(C)C[C@H]1COc2ccccc2O1)c1ccc(Cl)cc1. The van der Waals surface area contributed by atoms with E-state index in [1.54, 1.807) is 4.90 Å². The van der Waals surface area contributed by atoms with Gasteiger partial charge in [-0.25, -0.2) is 0 Å². The standard InChI is InChI=1S/C21H24ClNO3/c1-14(2)20(15-8-10-16(22)11-9-15)21(24)23(3)12-17-13-25-18-6-4-5-7-19(18)26-17/h4-11,14,17,20H,12-13H2,1-3H3/t17-,20-/m0/s1. The molecular formula is C21H24ClNO3. The van der Waals surface area contributed by atoms with Crippen molar-refractivity contribution in [2.75, 3.05) is 20.2 Å². The molecule has 2 aromatic carbocycles. The maximum Gasteiger partial charge on any atom is 0.230 e. The minimum Gasteiger partial charge on any atom is -0.486 e. The van der Waals surface area contributed by atoms with Crippen LogP contribution in [0.4, 0.5) is 0 Å². The summed E-state index contributed by atoms with van der Waals surface area (Å²) in [6.07, 6.45) is -0.183. The first-order chi connectivity index (χ1) is 12.5. The van der Waals surface area contributed by atoms with Crippen molar-refractivity contribution in [3.63, 3.8) is 0 Å². The van der Waals surface area contributed by atoms with Crippen molar-refractivity contribution in [3.05, 3.63) is 59.1 Å². The Balaban J connectivity index is 1.69. The van der Waals surface area contributed by atoms with Crippen LogP contribution >= 0.6 is 11.6 Å². The number of nitrogens with zero attached hydrogens (tertiary/aromatic N) is 1. The molecule has 26 heavy (non-hydrogen) atoms. The second-order valence-corrected chi connectivity index (χ2v) is 7.43. The monoisotopic (exact) mass is 373 g/mol. The number of halogens is 1. The zero-order chi connectivity index (χ0) is 18.7. The molecule has 0 unspecified atom stereocenters. The molecule has 0 saturated carbocycles. The molecule has 1 heterocycles. The molecule has 0 aliphatic carbocycles. The number of hydrogen-bond donors (Lipinski definition) is 0. The lowest BCUT2D eigenvalue weighted by molar-refractivity contribution is -0.134. The Morgan fingerprint density at radius 3 is 2.46 bits per heavy atom. The van der Waals surface area contributed by atoms with Crippen LogP contribution < -0.4 is 9.47 Å². The third-order valence-electron chi connectivity index (χ3n) is 4.58. The van der Waals surface area contributed by atoms with Crippen molar-refractivity contribution in [2.24, 2.45) is 5.92 Å². The summed E-state index contributed by atoms with van der Waals surface area (Å²) in [6, 6.07) is 15.1. The Morgan fingerprint density at radius 1 is 1.15 bits per heavy atom. The lowest BCUT2D eigenvalue weighted by Gasteiger charge is -2.32. The fourth-order valence-electron chi connectivity index (χ4n) is 3.27. The van der Waals surface area contributed by atoms with E-state index in [4.69, 9.17) is 21.1 Å². The first-order valence-corrected chi connectivity index (χ1v) is 9.22. The summed E-state index contributed by atoms with van der Waals surface area (Å²) in [5.74, 6) is 1.51. The number of ether oxygens (including phenoxy) is 2. The van der Waals surface area contributed by atoms with E-state index in [0.29, 0.717) is 18.2 Å². The van der Waals surface area contributed by atoms with Gasteiger partial charge in [-0.2, -0.15) is 0 Å². The number of hydrogen-bond acceptors (Lipinski definition) is 3. The van der Waals surface area contributed by atoms with E-state index in [9.17, 15) is 4.79 Å². The van der Waals surface area contributed by atoms with Crippen LogP contribution in [-0.4, -0.2) is 37.1 Å². The van der Waals surface area contributed by atoms with Crippen LogP contribution in [0.1, 0.15) is 25.3 Å². The average Bonchev–Trinajstić information content (AvgIpc) is 2.63. The molecule has 0 N–H and O–H groups in total. The summed E-state index contributed by atoms with van der Waals surface area (Å²) in [7, 11) is 1.82. The summed E-state index contributed by atoms with van der Waals surface area (Å²) in [5, 5.41) is 0.670. The van der Waals surface area contributed by atoms with E-state index in [0.717, 1.165) is 17.1 Å². The van der Waals surface area contributed by atoms with Crippen LogP contribution in [0, 0.1) is 5.92 Å². The Hall–Kier alpha value is -2.20. The van der Waals surface area contributed by atoms with Crippen molar-refractivity contribution in [1.82, 2.24) is 4.90 Å². The Bertz CT molecular complexity index is 760. The molecule has 0 bridgehead atoms. The van der Waals surface area contributed by atoms with Gasteiger partial charge in [-0.3, -0.25) is 4.79 Å². The molecule has 1 amide bonds. The number of benzene rings is 2. The van der Waals surface area contributed by atoms with E-state index in [1.165, 1.54) is 0 Å². The fraction of sp³-hybridized carbons (Fsp3) is 0.381. The minimum absolute atomic E-state index is 0.0739. The highest BCUT2D eigenvalue weighted by Gasteiger charge is 2.30. The first-order valence-electron chi connectivity index (χ1n) is 8.84. The van der Waals surface area contributed by atoms with Crippen LogP contribution in [-0.2, 0) is 4.79 Å². The molecule has 5 heteroatoms. The van der Waals surface area contributed by atoms with Gasteiger partial charge < -0.3 is 14.4 Å². The number of fused-ring (bicyclic) bond motifs is 1. The molecule has 1 aliphatic rings. The molecule has 0 spiro atoms. The highest BCUT2D eigenvalue weighted by molar-refractivity contribution is 6.30. The van der Waals surface area contributed by atoms with E-state index >= 15 is 0 Å². The summed E-state index contributed by atoms with van der Waals surface area (Å²) in [4.78, 5) is 14.8. The molecule has 0 radical (unpaired) electrons. The van der Waals surface area contributed by atoms with Gasteiger partial charge in [0.15, 0.2) is 17.6 Å². The van der Waals surface area contributed by atoms with Crippen LogP contribution in [0.5, 0.6) is 11.5 Å². The normalized spacial score (nSPS) is 17.0. The quantitative estimate of drug-likeness (QED) is 0.780. The number of carbonyl (C=O) groups is 1. The zero-order valence-electron chi connectivity index (χ0n) is 15.3. The number of likely N-dealkylation sites (N-methyl/N-ethyl adjacent to an activating group) is 1. The number of para-hydroxylation sites is 2. The van der Waals surface area contributed by atoms with Gasteiger partial charge in [-0.1, -0.05) is 49.7 Å². The molecule has 0 aromatic heterocycles. The van der Waals surface area contributed by atoms with Crippen LogP contribution in [0.2, 0.25) is 5.02 Å². The second kappa shape index (κ2) is 8.00. The van der Waals surface area contributed by atoms with E-state index in [1.807, 2.05) is 55.6 Å². The Morgan fingerprint density at radius 2 is 1.81 bits per heavy atom. The highest BCUT2D eigenvalue weighted by atomic mass is 35.5. The Kier molecular flexibility index (Phi) is 5.72. The minimum atomic E-state index is -0.214. The number of rotatable bonds is 5. The fourth-order valence-corrected chi connectivity index (χ4v) is 3.39. The Labute approximate surface area is 159 Å².